The third-order valence-electron chi connectivity index (χ3n) is 2.73. The summed E-state index contributed by atoms with van der Waals surface area (Å²) in [5.41, 5.74) is 0. The summed E-state index contributed by atoms with van der Waals surface area (Å²) in [7, 11) is 1.36. The molecule has 0 amide bonds. The van der Waals surface area contributed by atoms with Gasteiger partial charge in [-0.25, -0.2) is 0 Å². The van der Waals surface area contributed by atoms with Gasteiger partial charge in [0.2, 0.25) is 0 Å². The second kappa shape index (κ2) is 7.56. The molecule has 1 fully saturated rings. The summed E-state index contributed by atoms with van der Waals surface area (Å²) >= 11 is 0. The largest absolute Gasteiger partial charge is 0.463 e. The fraction of sp³-hybridized carbons (Fsp3) is 0.750. The van der Waals surface area contributed by atoms with Gasteiger partial charge in [0.25, 0.3) is 0 Å². The van der Waals surface area contributed by atoms with E-state index >= 15 is 0 Å². The molecule has 1 aliphatic rings. The molecule has 2 N–H and O–H groups in total. The van der Waals surface area contributed by atoms with Crippen molar-refractivity contribution in [1.29, 1.82) is 0 Å². The van der Waals surface area contributed by atoms with Gasteiger partial charge >= 0.3 is 5.97 Å². The minimum atomic E-state index is -1.14. The summed E-state index contributed by atoms with van der Waals surface area (Å²) in [6.45, 7) is 4.77. The zero-order valence-electron chi connectivity index (χ0n) is 11.0. The average Bonchev–Trinajstić information content (AvgIpc) is 2.37. The zero-order chi connectivity index (χ0) is 14.4. The maximum absolute atomic E-state index is 10.8. The van der Waals surface area contributed by atoms with Gasteiger partial charge < -0.3 is 29.2 Å². The van der Waals surface area contributed by atoms with E-state index in [9.17, 15) is 15.0 Å². The monoisotopic (exact) mass is 276 g/mol. The first-order valence-corrected chi connectivity index (χ1v) is 5.91. The van der Waals surface area contributed by atoms with Gasteiger partial charge in [-0.1, -0.05) is 6.08 Å². The highest BCUT2D eigenvalue weighted by Gasteiger charge is 2.45. The molecule has 0 saturated carbocycles. The Morgan fingerprint density at radius 3 is 2.63 bits per heavy atom. The number of aliphatic hydroxyl groups excluding tert-OH is 2. The van der Waals surface area contributed by atoms with Crippen molar-refractivity contribution in [3.8, 4) is 0 Å². The lowest BCUT2D eigenvalue weighted by molar-refractivity contribution is -0.300. The number of rotatable bonds is 6. The molecule has 0 unspecified atom stereocenters. The van der Waals surface area contributed by atoms with Crippen LogP contribution in [-0.2, 0) is 23.7 Å². The molecule has 7 heteroatoms. The van der Waals surface area contributed by atoms with Crippen LogP contribution in [0, 0.1) is 0 Å². The van der Waals surface area contributed by atoms with Crippen LogP contribution in [0.25, 0.3) is 0 Å². The predicted octanol–water partition coefficient (Wildman–Crippen LogP) is -0.786. The molecular weight excluding hydrogens is 256 g/mol. The third-order valence-corrected chi connectivity index (χ3v) is 2.73. The molecule has 0 aromatic heterocycles. The topological polar surface area (TPSA) is 94.5 Å². The lowest BCUT2D eigenvalue weighted by Gasteiger charge is -2.41. The normalized spacial score (nSPS) is 34.8. The summed E-state index contributed by atoms with van der Waals surface area (Å²) in [5.74, 6) is -0.487. The van der Waals surface area contributed by atoms with Gasteiger partial charge in [-0.15, -0.1) is 6.58 Å². The molecule has 7 nitrogen and oxygen atoms in total. The standard InChI is InChI=1S/C12H20O7/c1-4-5-17-11-9(14)8(6-18-7(2)13)19-12(16-3)10(11)15/h4,8-12,14-15H,1,5-6H2,2-3H3/t8-,9-,10+,11+,12+/m1/s1. The molecule has 0 spiro atoms. The molecule has 110 valence electrons. The number of hydrogen-bond donors (Lipinski definition) is 2. The van der Waals surface area contributed by atoms with E-state index in [1.807, 2.05) is 0 Å². The van der Waals surface area contributed by atoms with Gasteiger partial charge in [0.1, 0.15) is 31.0 Å². The second-order valence-corrected chi connectivity index (χ2v) is 4.15. The van der Waals surface area contributed by atoms with Crippen molar-refractivity contribution in [1.82, 2.24) is 0 Å². The van der Waals surface area contributed by atoms with Crippen LogP contribution in [0.4, 0.5) is 0 Å². The van der Waals surface area contributed by atoms with Crippen molar-refractivity contribution in [3.63, 3.8) is 0 Å². The van der Waals surface area contributed by atoms with Crippen molar-refractivity contribution in [2.75, 3.05) is 20.3 Å². The van der Waals surface area contributed by atoms with Gasteiger partial charge in [-0.05, 0) is 0 Å². The fourth-order valence-corrected chi connectivity index (χ4v) is 1.81. The van der Waals surface area contributed by atoms with Crippen LogP contribution in [0.5, 0.6) is 0 Å². The van der Waals surface area contributed by atoms with E-state index in [0.717, 1.165) is 0 Å². The maximum atomic E-state index is 10.8. The number of carbonyl (C=O) groups excluding carboxylic acids is 1. The van der Waals surface area contributed by atoms with Crippen LogP contribution in [0.1, 0.15) is 6.92 Å². The Hall–Kier alpha value is -0.990. The quantitative estimate of drug-likeness (QED) is 0.485. The van der Waals surface area contributed by atoms with Gasteiger partial charge in [0.15, 0.2) is 6.29 Å². The molecule has 0 radical (unpaired) electrons. The highest BCUT2D eigenvalue weighted by atomic mass is 16.7. The molecule has 1 aliphatic heterocycles. The minimum absolute atomic E-state index is 0.142. The average molecular weight is 276 g/mol. The summed E-state index contributed by atoms with van der Waals surface area (Å²) in [6.07, 6.45) is -3.48. The van der Waals surface area contributed by atoms with Gasteiger partial charge in [0, 0.05) is 14.0 Å². The number of methoxy groups -OCH3 is 1. The first-order chi connectivity index (χ1) is 9.01. The van der Waals surface area contributed by atoms with Crippen molar-refractivity contribution in [3.05, 3.63) is 12.7 Å². The Balaban J connectivity index is 2.71. The summed E-state index contributed by atoms with van der Waals surface area (Å²) in [6, 6.07) is 0. The van der Waals surface area contributed by atoms with Crippen molar-refractivity contribution < 1.29 is 34.0 Å². The number of aliphatic hydroxyl groups is 2. The van der Waals surface area contributed by atoms with Gasteiger partial charge in [-0.3, -0.25) is 4.79 Å². The second-order valence-electron chi connectivity index (χ2n) is 4.15. The predicted molar refractivity (Wildman–Crippen MR) is 64.3 cm³/mol. The number of ether oxygens (including phenoxy) is 4. The van der Waals surface area contributed by atoms with E-state index < -0.39 is 36.7 Å². The first kappa shape index (κ1) is 16.1. The molecule has 1 rings (SSSR count). The van der Waals surface area contributed by atoms with Crippen LogP contribution in [0.3, 0.4) is 0 Å². The van der Waals surface area contributed by atoms with E-state index in [4.69, 9.17) is 18.9 Å². The van der Waals surface area contributed by atoms with Crippen LogP contribution >= 0.6 is 0 Å². The Morgan fingerprint density at radius 1 is 1.42 bits per heavy atom. The van der Waals surface area contributed by atoms with Crippen LogP contribution < -0.4 is 0 Å². The number of carbonyl (C=O) groups is 1. The molecule has 0 bridgehead atoms. The van der Waals surface area contributed by atoms with Crippen molar-refractivity contribution >= 4 is 5.97 Å². The van der Waals surface area contributed by atoms with E-state index in [0.29, 0.717) is 0 Å². The van der Waals surface area contributed by atoms with Crippen molar-refractivity contribution in [2.24, 2.45) is 0 Å². The Morgan fingerprint density at radius 2 is 2.11 bits per heavy atom. The molecule has 0 aromatic carbocycles. The first-order valence-electron chi connectivity index (χ1n) is 5.91. The Labute approximate surface area is 111 Å². The highest BCUT2D eigenvalue weighted by molar-refractivity contribution is 5.65. The molecule has 5 atom stereocenters. The molecule has 19 heavy (non-hydrogen) atoms. The molecular formula is C12H20O7. The minimum Gasteiger partial charge on any atom is -0.463 e. The van der Waals surface area contributed by atoms with Gasteiger partial charge in [-0.2, -0.15) is 0 Å². The van der Waals surface area contributed by atoms with Crippen LogP contribution in [0.15, 0.2) is 12.7 Å². The zero-order valence-corrected chi connectivity index (χ0v) is 11.0. The lowest BCUT2D eigenvalue weighted by Crippen LogP contribution is -2.60. The third kappa shape index (κ3) is 4.26. The number of hydrogen-bond acceptors (Lipinski definition) is 7. The molecule has 1 heterocycles. The Kier molecular flexibility index (Phi) is 6.40. The fourth-order valence-electron chi connectivity index (χ4n) is 1.81. The van der Waals surface area contributed by atoms with E-state index in [1.54, 1.807) is 0 Å². The SMILES string of the molecule is C=CCO[C@@H]1[C@H](O)[C@@H](OC)O[C@H](COC(C)=O)[C@H]1O. The van der Waals surface area contributed by atoms with E-state index in [-0.39, 0.29) is 13.2 Å². The Bertz CT molecular complexity index is 306. The van der Waals surface area contributed by atoms with E-state index in [1.165, 1.54) is 20.1 Å². The highest BCUT2D eigenvalue weighted by Crippen LogP contribution is 2.24. The lowest BCUT2D eigenvalue weighted by atomic mass is 9.99. The van der Waals surface area contributed by atoms with Crippen LogP contribution in [0.2, 0.25) is 0 Å². The summed E-state index contributed by atoms with van der Waals surface area (Å²) in [4.78, 5) is 10.8. The summed E-state index contributed by atoms with van der Waals surface area (Å²) < 4.78 is 20.4. The maximum Gasteiger partial charge on any atom is 0.302 e. The van der Waals surface area contributed by atoms with Gasteiger partial charge in [0.05, 0.1) is 6.61 Å². The molecule has 0 aromatic rings. The summed E-state index contributed by atoms with van der Waals surface area (Å²) in [5, 5.41) is 20.0. The molecule has 1 saturated heterocycles. The molecule has 0 aliphatic carbocycles. The van der Waals surface area contributed by atoms with Crippen molar-refractivity contribution in [2.45, 2.75) is 37.6 Å². The number of esters is 1. The van der Waals surface area contributed by atoms with Crippen LogP contribution in [-0.4, -0.2) is 67.2 Å². The van der Waals surface area contributed by atoms with E-state index in [2.05, 4.69) is 6.58 Å². The smallest absolute Gasteiger partial charge is 0.302 e.